The second-order valence-corrected chi connectivity index (χ2v) is 4.84. The summed E-state index contributed by atoms with van der Waals surface area (Å²) >= 11 is 1.38. The van der Waals surface area contributed by atoms with Gasteiger partial charge in [-0.25, -0.2) is 9.59 Å². The predicted octanol–water partition coefficient (Wildman–Crippen LogP) is 2.57. The van der Waals surface area contributed by atoms with Crippen LogP contribution in [0.2, 0.25) is 0 Å². The lowest BCUT2D eigenvalue weighted by atomic mass is 9.95. The quantitative estimate of drug-likeness (QED) is 0.780. The van der Waals surface area contributed by atoms with Gasteiger partial charge in [0.25, 0.3) is 0 Å². The lowest BCUT2D eigenvalue weighted by Crippen LogP contribution is -2.49. The Morgan fingerprint density at radius 3 is 2.78 bits per heavy atom. The van der Waals surface area contributed by atoms with Crippen molar-refractivity contribution in [3.05, 3.63) is 22.4 Å². The summed E-state index contributed by atoms with van der Waals surface area (Å²) in [6.07, 6.45) is 0.962. The number of carboxylic acid groups (broad SMARTS) is 1. The van der Waals surface area contributed by atoms with Gasteiger partial charge in [-0.2, -0.15) is 11.3 Å². The van der Waals surface area contributed by atoms with Crippen LogP contribution in [0.1, 0.15) is 32.3 Å². The molecule has 0 spiro atoms. The summed E-state index contributed by atoms with van der Waals surface area (Å²) in [5, 5.41) is 15.1. The van der Waals surface area contributed by atoms with Crippen molar-refractivity contribution in [3.63, 3.8) is 0 Å². The van der Waals surface area contributed by atoms with Crippen molar-refractivity contribution in [1.29, 1.82) is 0 Å². The fourth-order valence-electron chi connectivity index (χ4n) is 1.35. The number of hydrogen-bond donors (Lipinski definition) is 2. The molecule has 18 heavy (non-hydrogen) atoms. The zero-order valence-electron chi connectivity index (χ0n) is 10.4. The van der Waals surface area contributed by atoms with Crippen molar-refractivity contribution in [2.45, 2.75) is 32.2 Å². The van der Waals surface area contributed by atoms with Crippen LogP contribution in [0.3, 0.4) is 0 Å². The Balaban J connectivity index is 2.70. The third kappa shape index (κ3) is 3.46. The lowest BCUT2D eigenvalue weighted by molar-refractivity contribution is -0.144. The molecule has 0 radical (unpaired) electrons. The Morgan fingerprint density at radius 2 is 2.28 bits per heavy atom. The maximum absolute atomic E-state index is 11.5. The van der Waals surface area contributed by atoms with Gasteiger partial charge in [0.1, 0.15) is 0 Å². The molecule has 1 unspecified atom stereocenters. The summed E-state index contributed by atoms with van der Waals surface area (Å²) in [4.78, 5) is 22.9. The molecule has 1 aromatic rings. The van der Waals surface area contributed by atoms with Gasteiger partial charge >= 0.3 is 12.1 Å². The largest absolute Gasteiger partial charge is 0.479 e. The highest BCUT2D eigenvalue weighted by Gasteiger charge is 2.37. The molecule has 0 aromatic carbocycles. The highest BCUT2D eigenvalue weighted by molar-refractivity contribution is 7.08. The highest BCUT2D eigenvalue weighted by Crippen LogP contribution is 2.23. The summed E-state index contributed by atoms with van der Waals surface area (Å²) in [5.41, 5.74) is -0.920. The zero-order valence-corrected chi connectivity index (χ0v) is 11.3. The van der Waals surface area contributed by atoms with E-state index in [1.54, 1.807) is 16.8 Å². The van der Waals surface area contributed by atoms with Crippen molar-refractivity contribution in [1.82, 2.24) is 5.32 Å². The number of unbranched alkanes of at least 4 members (excludes halogenated alkanes) is 1. The molecular formula is C12H17NO4S. The molecule has 1 atom stereocenters. The molecule has 1 aromatic heterocycles. The van der Waals surface area contributed by atoms with Crippen molar-refractivity contribution in [2.24, 2.45) is 0 Å². The molecule has 5 nitrogen and oxygen atoms in total. The van der Waals surface area contributed by atoms with Crippen LogP contribution in [-0.2, 0) is 15.1 Å². The van der Waals surface area contributed by atoms with E-state index in [4.69, 9.17) is 4.74 Å². The van der Waals surface area contributed by atoms with Crippen molar-refractivity contribution >= 4 is 23.4 Å². The maximum Gasteiger partial charge on any atom is 0.408 e. The average Bonchev–Trinajstić information content (AvgIpc) is 2.82. The summed E-state index contributed by atoms with van der Waals surface area (Å²) in [7, 11) is 0. The van der Waals surface area contributed by atoms with Gasteiger partial charge in [-0.1, -0.05) is 13.3 Å². The van der Waals surface area contributed by atoms with E-state index in [-0.39, 0.29) is 0 Å². The Hall–Kier alpha value is -1.56. The van der Waals surface area contributed by atoms with Crippen LogP contribution < -0.4 is 5.32 Å². The van der Waals surface area contributed by atoms with E-state index in [1.807, 2.05) is 6.92 Å². The third-order valence-corrected chi connectivity index (χ3v) is 3.29. The molecule has 0 aliphatic carbocycles. The molecule has 0 aliphatic heterocycles. The first-order valence-corrected chi connectivity index (χ1v) is 6.66. The monoisotopic (exact) mass is 271 g/mol. The number of ether oxygens (including phenoxy) is 1. The fourth-order valence-corrected chi connectivity index (χ4v) is 2.11. The van der Waals surface area contributed by atoms with E-state index >= 15 is 0 Å². The molecule has 0 fully saturated rings. The number of alkyl carbamates (subject to hydrolysis) is 1. The normalized spacial score (nSPS) is 13.7. The van der Waals surface area contributed by atoms with Crippen LogP contribution in [0.4, 0.5) is 4.79 Å². The molecular weight excluding hydrogens is 254 g/mol. The number of carbonyl (C=O) groups excluding carboxylic acids is 1. The smallest absolute Gasteiger partial charge is 0.408 e. The van der Waals surface area contributed by atoms with Crippen molar-refractivity contribution < 1.29 is 19.4 Å². The molecule has 1 rings (SSSR count). The van der Waals surface area contributed by atoms with Gasteiger partial charge < -0.3 is 15.2 Å². The Morgan fingerprint density at radius 1 is 1.56 bits per heavy atom. The lowest BCUT2D eigenvalue weighted by Gasteiger charge is -2.25. The number of amides is 1. The molecule has 6 heteroatoms. The van der Waals surface area contributed by atoms with Crippen molar-refractivity contribution in [2.75, 3.05) is 6.61 Å². The number of carboxylic acids is 1. The second-order valence-electron chi connectivity index (χ2n) is 4.06. The Bertz CT molecular complexity index is 404. The van der Waals surface area contributed by atoms with Gasteiger partial charge in [0.2, 0.25) is 0 Å². The van der Waals surface area contributed by atoms with E-state index in [9.17, 15) is 14.7 Å². The second kappa shape index (κ2) is 6.39. The van der Waals surface area contributed by atoms with Gasteiger partial charge in [-0.05, 0) is 35.7 Å². The van der Waals surface area contributed by atoms with Crippen LogP contribution in [-0.4, -0.2) is 23.8 Å². The van der Waals surface area contributed by atoms with Gasteiger partial charge in [0.15, 0.2) is 5.54 Å². The molecule has 2 N–H and O–H groups in total. The Labute approximate surface area is 110 Å². The average molecular weight is 271 g/mol. The molecule has 0 bridgehead atoms. The minimum atomic E-state index is -1.46. The predicted molar refractivity (Wildman–Crippen MR) is 68.7 cm³/mol. The molecule has 0 saturated carbocycles. The van der Waals surface area contributed by atoms with E-state index in [1.165, 1.54) is 18.3 Å². The number of nitrogens with one attached hydrogen (secondary N) is 1. The van der Waals surface area contributed by atoms with Crippen LogP contribution in [0.25, 0.3) is 0 Å². The molecule has 0 saturated heterocycles. The minimum Gasteiger partial charge on any atom is -0.479 e. The summed E-state index contributed by atoms with van der Waals surface area (Å²) < 4.78 is 4.92. The van der Waals surface area contributed by atoms with Crippen LogP contribution in [0.5, 0.6) is 0 Å². The number of hydrogen-bond acceptors (Lipinski definition) is 4. The summed E-state index contributed by atoms with van der Waals surface area (Å²) in [6.45, 7) is 3.72. The molecule has 0 aliphatic rings. The van der Waals surface area contributed by atoms with Gasteiger partial charge in [0.05, 0.1) is 6.61 Å². The van der Waals surface area contributed by atoms with Gasteiger partial charge in [-0.15, -0.1) is 0 Å². The molecule has 1 amide bonds. The van der Waals surface area contributed by atoms with Gasteiger partial charge in [-0.3, -0.25) is 0 Å². The van der Waals surface area contributed by atoms with Crippen LogP contribution >= 0.6 is 11.3 Å². The number of aliphatic carboxylic acids is 1. The standard InChI is InChI=1S/C12H17NO4S/c1-3-4-6-17-11(16)13-12(2,10(14)15)9-5-7-18-8-9/h5,7-8H,3-4,6H2,1-2H3,(H,13,16)(H,14,15). The molecule has 1 heterocycles. The summed E-state index contributed by atoms with van der Waals surface area (Å²) in [5.74, 6) is -1.12. The fraction of sp³-hybridized carbons (Fsp3) is 0.500. The number of carbonyl (C=O) groups is 2. The first kappa shape index (κ1) is 14.5. The maximum atomic E-state index is 11.5. The Kier molecular flexibility index (Phi) is 5.15. The number of rotatable bonds is 6. The third-order valence-electron chi connectivity index (χ3n) is 2.61. The number of thiophene rings is 1. The first-order chi connectivity index (χ1) is 8.50. The SMILES string of the molecule is CCCCOC(=O)NC(C)(C(=O)O)c1ccsc1. The van der Waals surface area contributed by atoms with E-state index in [0.717, 1.165) is 12.8 Å². The van der Waals surface area contributed by atoms with E-state index in [0.29, 0.717) is 12.2 Å². The first-order valence-electron chi connectivity index (χ1n) is 5.71. The molecule has 100 valence electrons. The summed E-state index contributed by atoms with van der Waals surface area (Å²) in [6, 6.07) is 1.67. The van der Waals surface area contributed by atoms with Crippen molar-refractivity contribution in [3.8, 4) is 0 Å². The minimum absolute atomic E-state index is 0.293. The van der Waals surface area contributed by atoms with Crippen LogP contribution in [0, 0.1) is 0 Å². The zero-order chi connectivity index (χ0) is 13.6. The van der Waals surface area contributed by atoms with Gasteiger partial charge in [0, 0.05) is 0 Å². The van der Waals surface area contributed by atoms with Crippen LogP contribution in [0.15, 0.2) is 16.8 Å². The highest BCUT2D eigenvalue weighted by atomic mass is 32.1. The van der Waals surface area contributed by atoms with E-state index < -0.39 is 17.6 Å². The van der Waals surface area contributed by atoms with E-state index in [2.05, 4.69) is 5.32 Å². The topological polar surface area (TPSA) is 75.6 Å².